The van der Waals surface area contributed by atoms with Crippen molar-refractivity contribution in [1.82, 2.24) is 0 Å². The average molecular weight is 445 g/mol. The van der Waals surface area contributed by atoms with Gasteiger partial charge in [-0.15, -0.1) is 0 Å². The van der Waals surface area contributed by atoms with Crippen molar-refractivity contribution in [2.75, 3.05) is 0 Å². The van der Waals surface area contributed by atoms with Gasteiger partial charge in [0.1, 0.15) is 0 Å². The molecule has 0 N–H and O–H groups in total. The highest BCUT2D eigenvalue weighted by molar-refractivity contribution is 5.93. The lowest BCUT2D eigenvalue weighted by molar-refractivity contribution is -0.143. The molecule has 0 atom stereocenters. The molecule has 0 aliphatic heterocycles. The summed E-state index contributed by atoms with van der Waals surface area (Å²) in [6, 6.07) is 14.3. The maximum Gasteiger partial charge on any atom is 0.416 e. The van der Waals surface area contributed by atoms with E-state index in [-0.39, 0.29) is 11.6 Å². The van der Waals surface area contributed by atoms with Gasteiger partial charge in [0, 0.05) is 6.42 Å². The third-order valence-corrected chi connectivity index (χ3v) is 5.45. The molecular formula is C26H19F6. The summed E-state index contributed by atoms with van der Waals surface area (Å²) in [6.45, 7) is 2.01. The summed E-state index contributed by atoms with van der Waals surface area (Å²) in [5.74, 6) is 0. The molecule has 0 amide bonds. The highest BCUT2D eigenvalue weighted by Crippen LogP contribution is 2.45. The van der Waals surface area contributed by atoms with Crippen LogP contribution in [0, 0.1) is 6.42 Å². The maximum absolute atomic E-state index is 13.5. The van der Waals surface area contributed by atoms with E-state index in [1.54, 1.807) is 36.4 Å². The van der Waals surface area contributed by atoms with Gasteiger partial charge in [0.15, 0.2) is 0 Å². The molecule has 3 aromatic carbocycles. The van der Waals surface area contributed by atoms with Crippen LogP contribution < -0.4 is 0 Å². The molecular weight excluding hydrogens is 426 g/mol. The fourth-order valence-corrected chi connectivity index (χ4v) is 4.05. The zero-order valence-electron chi connectivity index (χ0n) is 17.1. The Labute approximate surface area is 182 Å². The van der Waals surface area contributed by atoms with E-state index in [0.29, 0.717) is 22.3 Å². The van der Waals surface area contributed by atoms with Gasteiger partial charge in [0.25, 0.3) is 0 Å². The Kier molecular flexibility index (Phi) is 5.65. The summed E-state index contributed by atoms with van der Waals surface area (Å²) in [6.07, 6.45) is -4.36. The van der Waals surface area contributed by atoms with Gasteiger partial charge in [-0.25, -0.2) is 0 Å². The number of halogens is 6. The van der Waals surface area contributed by atoms with E-state index in [9.17, 15) is 26.3 Å². The number of hydrogen-bond acceptors (Lipinski definition) is 0. The molecule has 0 saturated carbocycles. The van der Waals surface area contributed by atoms with Crippen LogP contribution in [0.3, 0.4) is 0 Å². The highest BCUT2D eigenvalue weighted by Gasteiger charge is 2.37. The van der Waals surface area contributed by atoms with Gasteiger partial charge in [-0.3, -0.25) is 0 Å². The first-order valence-corrected chi connectivity index (χ1v) is 10.2. The standard InChI is InChI=1S/C26H19F6/c1-2-6-16-11-18-9-10-22(17-7-4-3-5-8-17)24(23(18)12-16)19-13-20(25(27,28)29)15-21(14-19)26(30,31)32/h3-5,7-15H,2,6H2,1H3. The van der Waals surface area contributed by atoms with Crippen LogP contribution >= 0.6 is 0 Å². The van der Waals surface area contributed by atoms with Gasteiger partial charge in [-0.1, -0.05) is 67.5 Å². The van der Waals surface area contributed by atoms with Crippen LogP contribution in [0.1, 0.15) is 42.0 Å². The molecule has 4 rings (SSSR count). The largest absolute Gasteiger partial charge is 0.416 e. The monoisotopic (exact) mass is 445 g/mol. The quantitative estimate of drug-likeness (QED) is 0.352. The highest BCUT2D eigenvalue weighted by atomic mass is 19.4. The molecule has 6 heteroatoms. The summed E-state index contributed by atoms with van der Waals surface area (Å²) >= 11 is 0. The lowest BCUT2D eigenvalue weighted by Crippen LogP contribution is -2.11. The van der Waals surface area contributed by atoms with Crippen molar-refractivity contribution in [3.05, 3.63) is 94.9 Å². The fourth-order valence-electron chi connectivity index (χ4n) is 4.05. The van der Waals surface area contributed by atoms with Crippen LogP contribution in [-0.2, 0) is 12.4 Å². The maximum atomic E-state index is 13.5. The number of alkyl halides is 6. The molecule has 0 nitrogen and oxygen atoms in total. The Balaban J connectivity index is 2.04. The average Bonchev–Trinajstić information content (AvgIpc) is 3.15. The molecule has 1 aliphatic rings. The molecule has 32 heavy (non-hydrogen) atoms. The molecule has 3 aromatic rings. The van der Waals surface area contributed by atoms with Crippen LogP contribution in [0.2, 0.25) is 0 Å². The second kappa shape index (κ2) is 8.15. The van der Waals surface area contributed by atoms with Crippen LogP contribution in [0.4, 0.5) is 26.3 Å². The van der Waals surface area contributed by atoms with E-state index in [1.165, 1.54) is 0 Å². The number of fused-ring (bicyclic) bond motifs is 1. The Morgan fingerprint density at radius 3 is 1.91 bits per heavy atom. The van der Waals surface area contributed by atoms with E-state index in [0.717, 1.165) is 36.1 Å². The van der Waals surface area contributed by atoms with Crippen molar-refractivity contribution in [2.24, 2.45) is 0 Å². The van der Waals surface area contributed by atoms with Crippen LogP contribution in [0.25, 0.3) is 28.3 Å². The van der Waals surface area contributed by atoms with Crippen molar-refractivity contribution in [3.63, 3.8) is 0 Å². The van der Waals surface area contributed by atoms with Crippen molar-refractivity contribution in [2.45, 2.75) is 32.1 Å². The fraction of sp³-hybridized carbons (Fsp3) is 0.192. The first-order chi connectivity index (χ1) is 15.1. The lowest BCUT2D eigenvalue weighted by atomic mass is 9.87. The van der Waals surface area contributed by atoms with Gasteiger partial charge >= 0.3 is 12.4 Å². The minimum Gasteiger partial charge on any atom is -0.166 e. The Morgan fingerprint density at radius 1 is 0.719 bits per heavy atom. The molecule has 1 radical (unpaired) electrons. The normalized spacial score (nSPS) is 13.8. The summed E-state index contributed by atoms with van der Waals surface area (Å²) in [5.41, 5.74) is 1.34. The van der Waals surface area contributed by atoms with E-state index >= 15 is 0 Å². The molecule has 0 spiro atoms. The summed E-state index contributed by atoms with van der Waals surface area (Å²) < 4.78 is 81.2. The predicted molar refractivity (Wildman–Crippen MR) is 114 cm³/mol. The minimum atomic E-state index is -4.91. The third-order valence-electron chi connectivity index (χ3n) is 5.45. The van der Waals surface area contributed by atoms with Gasteiger partial charge in [-0.2, -0.15) is 26.3 Å². The summed E-state index contributed by atoms with van der Waals surface area (Å²) in [7, 11) is 0. The number of allylic oxidation sites excluding steroid dienone is 1. The Morgan fingerprint density at radius 2 is 1.34 bits per heavy atom. The van der Waals surface area contributed by atoms with Crippen LogP contribution in [-0.4, -0.2) is 0 Å². The van der Waals surface area contributed by atoms with E-state index in [2.05, 4.69) is 0 Å². The van der Waals surface area contributed by atoms with E-state index < -0.39 is 23.5 Å². The molecule has 0 saturated heterocycles. The molecule has 1 aliphatic carbocycles. The number of hydrogen-bond donors (Lipinski definition) is 0. The molecule has 0 heterocycles. The lowest BCUT2D eigenvalue weighted by Gasteiger charge is -2.19. The van der Waals surface area contributed by atoms with Gasteiger partial charge in [0.05, 0.1) is 11.1 Å². The Hall–Kier alpha value is -3.02. The zero-order valence-corrected chi connectivity index (χ0v) is 17.1. The zero-order chi connectivity index (χ0) is 23.1. The second-order valence-corrected chi connectivity index (χ2v) is 7.77. The topological polar surface area (TPSA) is 0 Å². The number of benzene rings is 3. The minimum absolute atomic E-state index is 0.106. The predicted octanol–water partition coefficient (Wildman–Crippen LogP) is 8.81. The molecule has 0 bridgehead atoms. The van der Waals surface area contributed by atoms with E-state index in [1.807, 2.05) is 25.5 Å². The van der Waals surface area contributed by atoms with Crippen molar-refractivity contribution >= 4 is 6.08 Å². The molecule has 0 unspecified atom stereocenters. The van der Waals surface area contributed by atoms with E-state index in [4.69, 9.17) is 0 Å². The first-order valence-electron chi connectivity index (χ1n) is 10.2. The van der Waals surface area contributed by atoms with Gasteiger partial charge in [-0.05, 0) is 58.0 Å². The van der Waals surface area contributed by atoms with Crippen molar-refractivity contribution in [3.8, 4) is 22.3 Å². The SMILES string of the molecule is CCCC1=Cc2c(ccc(-c3ccccc3)c2-c2cc(C(F)(F)F)cc(C(F)(F)F)c2)[CH]1. The first kappa shape index (κ1) is 22.2. The summed E-state index contributed by atoms with van der Waals surface area (Å²) in [5, 5.41) is 0. The summed E-state index contributed by atoms with van der Waals surface area (Å²) in [4.78, 5) is 0. The smallest absolute Gasteiger partial charge is 0.166 e. The molecule has 0 fully saturated rings. The van der Waals surface area contributed by atoms with Crippen LogP contribution in [0.5, 0.6) is 0 Å². The van der Waals surface area contributed by atoms with Crippen molar-refractivity contribution in [1.29, 1.82) is 0 Å². The van der Waals surface area contributed by atoms with Gasteiger partial charge < -0.3 is 0 Å². The Bertz CT molecular complexity index is 1140. The molecule has 165 valence electrons. The van der Waals surface area contributed by atoms with Crippen LogP contribution in [0.15, 0.2) is 66.2 Å². The van der Waals surface area contributed by atoms with Crippen molar-refractivity contribution < 1.29 is 26.3 Å². The number of rotatable bonds is 4. The third kappa shape index (κ3) is 4.31. The molecule has 0 aromatic heterocycles. The van der Waals surface area contributed by atoms with Gasteiger partial charge in [0.2, 0.25) is 0 Å². The second-order valence-electron chi connectivity index (χ2n) is 7.77.